The number of nitrogens with one attached hydrogen (secondary N) is 3. The van der Waals surface area contributed by atoms with Crippen molar-refractivity contribution in [2.75, 3.05) is 18.4 Å². The third kappa shape index (κ3) is 5.93. The predicted molar refractivity (Wildman–Crippen MR) is 87.0 cm³/mol. The van der Waals surface area contributed by atoms with Crippen LogP contribution in [0.2, 0.25) is 0 Å². The highest BCUT2D eigenvalue weighted by molar-refractivity contribution is 5.67. The minimum atomic E-state index is -0.474. The number of hydrogen-bond acceptors (Lipinski definition) is 6. The van der Waals surface area contributed by atoms with E-state index < -0.39 is 11.7 Å². The number of aromatic nitrogens is 4. The van der Waals surface area contributed by atoms with Crippen LogP contribution in [-0.2, 0) is 4.74 Å². The molecule has 1 aromatic heterocycles. The zero-order chi connectivity index (χ0) is 16.7. The first-order valence-corrected chi connectivity index (χ1v) is 7.49. The Hall–Kier alpha value is -2.64. The Kier molecular flexibility index (Phi) is 5.51. The van der Waals surface area contributed by atoms with Crippen molar-refractivity contribution < 1.29 is 9.53 Å². The number of alkyl carbamates (subject to hydrolysis) is 1. The summed E-state index contributed by atoms with van der Waals surface area (Å²) in [7, 11) is 0. The molecule has 3 N–H and O–H groups in total. The maximum Gasteiger partial charge on any atom is 0.407 e. The van der Waals surface area contributed by atoms with Crippen LogP contribution in [-0.4, -0.2) is 45.4 Å². The molecule has 23 heavy (non-hydrogen) atoms. The van der Waals surface area contributed by atoms with Gasteiger partial charge in [0.05, 0.1) is 0 Å². The van der Waals surface area contributed by atoms with E-state index in [1.165, 1.54) is 0 Å². The highest BCUT2D eigenvalue weighted by Crippen LogP contribution is 2.18. The second kappa shape index (κ2) is 7.57. The van der Waals surface area contributed by atoms with E-state index in [2.05, 4.69) is 31.3 Å². The van der Waals surface area contributed by atoms with Gasteiger partial charge in [-0.15, -0.1) is 10.2 Å². The number of H-pyrrole nitrogens is 1. The van der Waals surface area contributed by atoms with Gasteiger partial charge in [0.2, 0.25) is 5.82 Å². The maximum absolute atomic E-state index is 11.5. The fourth-order valence-electron chi connectivity index (χ4n) is 1.88. The molecular weight excluding hydrogens is 296 g/mol. The summed E-state index contributed by atoms with van der Waals surface area (Å²) in [5, 5.41) is 19.9. The number of amides is 1. The first-order valence-electron chi connectivity index (χ1n) is 7.49. The zero-order valence-electron chi connectivity index (χ0n) is 13.6. The summed E-state index contributed by atoms with van der Waals surface area (Å²) >= 11 is 0. The molecule has 1 aromatic carbocycles. The van der Waals surface area contributed by atoms with E-state index in [9.17, 15) is 4.79 Å². The number of rotatable bonds is 6. The number of aromatic amines is 1. The number of carbonyl (C=O) groups is 1. The number of carbonyl (C=O) groups excluding carboxylic acids is 1. The van der Waals surface area contributed by atoms with Gasteiger partial charge in [0.15, 0.2) is 0 Å². The molecular formula is C15H22N6O2. The Morgan fingerprint density at radius 1 is 1.30 bits per heavy atom. The summed E-state index contributed by atoms with van der Waals surface area (Å²) in [5.74, 6) is 0.556. The Labute approximate surface area is 135 Å². The van der Waals surface area contributed by atoms with Crippen molar-refractivity contribution in [3.63, 3.8) is 0 Å². The van der Waals surface area contributed by atoms with Crippen LogP contribution in [0.3, 0.4) is 0 Å². The molecule has 0 aliphatic rings. The fourth-order valence-corrected chi connectivity index (χ4v) is 1.88. The Bertz CT molecular complexity index is 621. The van der Waals surface area contributed by atoms with Crippen molar-refractivity contribution in [2.45, 2.75) is 32.8 Å². The topological polar surface area (TPSA) is 105 Å². The largest absolute Gasteiger partial charge is 0.444 e. The van der Waals surface area contributed by atoms with Gasteiger partial charge in [0, 0.05) is 24.3 Å². The van der Waals surface area contributed by atoms with Crippen LogP contribution in [0.25, 0.3) is 11.4 Å². The summed E-state index contributed by atoms with van der Waals surface area (Å²) in [6.45, 7) is 6.79. The monoisotopic (exact) mass is 318 g/mol. The smallest absolute Gasteiger partial charge is 0.407 e. The summed E-state index contributed by atoms with van der Waals surface area (Å²) in [6.07, 6.45) is 0.391. The van der Waals surface area contributed by atoms with Gasteiger partial charge in [-0.3, -0.25) is 0 Å². The molecule has 2 aromatic rings. The second-order valence-corrected chi connectivity index (χ2v) is 6.03. The number of anilines is 1. The molecule has 0 radical (unpaired) electrons. The molecule has 0 fully saturated rings. The molecule has 2 rings (SSSR count). The molecule has 0 bridgehead atoms. The van der Waals surface area contributed by atoms with Gasteiger partial charge >= 0.3 is 6.09 Å². The van der Waals surface area contributed by atoms with Crippen LogP contribution in [0.5, 0.6) is 0 Å². The van der Waals surface area contributed by atoms with Gasteiger partial charge < -0.3 is 15.4 Å². The molecule has 0 aliphatic heterocycles. The normalized spacial score (nSPS) is 11.1. The number of benzene rings is 1. The number of hydrogen-bond donors (Lipinski definition) is 3. The van der Waals surface area contributed by atoms with E-state index in [4.69, 9.17) is 4.74 Å². The molecule has 1 amide bonds. The highest BCUT2D eigenvalue weighted by atomic mass is 16.6. The summed E-state index contributed by atoms with van der Waals surface area (Å²) in [4.78, 5) is 11.5. The average Bonchev–Trinajstić information content (AvgIpc) is 2.99. The lowest BCUT2D eigenvalue weighted by molar-refractivity contribution is 0.0528. The number of ether oxygens (including phenoxy) is 1. The van der Waals surface area contributed by atoms with Gasteiger partial charge in [-0.05, 0) is 44.5 Å². The highest BCUT2D eigenvalue weighted by Gasteiger charge is 2.15. The quantitative estimate of drug-likeness (QED) is 0.705. The molecule has 8 heteroatoms. The predicted octanol–water partition coefficient (Wildman–Crippen LogP) is 2.19. The van der Waals surface area contributed by atoms with Crippen LogP contribution in [0.15, 0.2) is 24.3 Å². The Morgan fingerprint density at radius 2 is 2.13 bits per heavy atom. The lowest BCUT2D eigenvalue weighted by atomic mass is 10.2. The van der Waals surface area contributed by atoms with E-state index in [0.29, 0.717) is 12.4 Å². The fraction of sp³-hybridized carbons (Fsp3) is 0.467. The van der Waals surface area contributed by atoms with Crippen molar-refractivity contribution in [3.05, 3.63) is 24.3 Å². The third-order valence-electron chi connectivity index (χ3n) is 2.82. The van der Waals surface area contributed by atoms with Crippen molar-refractivity contribution in [1.29, 1.82) is 0 Å². The van der Waals surface area contributed by atoms with E-state index in [1.54, 1.807) is 0 Å². The first-order chi connectivity index (χ1) is 10.9. The number of nitrogens with zero attached hydrogens (tertiary/aromatic N) is 3. The Balaban J connectivity index is 1.71. The van der Waals surface area contributed by atoms with Crippen molar-refractivity contribution in [2.24, 2.45) is 0 Å². The van der Waals surface area contributed by atoms with Crippen LogP contribution < -0.4 is 10.6 Å². The zero-order valence-corrected chi connectivity index (χ0v) is 13.6. The van der Waals surface area contributed by atoms with Gasteiger partial charge in [0.25, 0.3) is 0 Å². The van der Waals surface area contributed by atoms with Crippen molar-refractivity contribution in [3.8, 4) is 11.4 Å². The number of tetrazole rings is 1. The minimum absolute atomic E-state index is 0.392. The molecule has 0 atom stereocenters. The van der Waals surface area contributed by atoms with E-state index >= 15 is 0 Å². The van der Waals surface area contributed by atoms with Crippen LogP contribution in [0.1, 0.15) is 27.2 Å². The van der Waals surface area contributed by atoms with E-state index in [-0.39, 0.29) is 0 Å². The molecule has 1 heterocycles. The second-order valence-electron chi connectivity index (χ2n) is 6.03. The van der Waals surface area contributed by atoms with Crippen molar-refractivity contribution in [1.82, 2.24) is 25.9 Å². The van der Waals surface area contributed by atoms with Crippen LogP contribution >= 0.6 is 0 Å². The lowest BCUT2D eigenvalue weighted by Crippen LogP contribution is -2.33. The third-order valence-corrected chi connectivity index (χ3v) is 2.82. The van der Waals surface area contributed by atoms with E-state index in [1.807, 2.05) is 45.0 Å². The SMILES string of the molecule is CC(C)(C)OC(=O)NCCCNc1cccc(-c2nn[nH]n2)c1. The molecule has 0 saturated carbocycles. The van der Waals surface area contributed by atoms with Gasteiger partial charge in [0.1, 0.15) is 5.60 Å². The summed E-state index contributed by atoms with van der Waals surface area (Å²) in [6, 6.07) is 7.75. The van der Waals surface area contributed by atoms with Gasteiger partial charge in [-0.1, -0.05) is 12.1 Å². The van der Waals surface area contributed by atoms with E-state index in [0.717, 1.165) is 24.2 Å². The molecule has 8 nitrogen and oxygen atoms in total. The molecule has 0 unspecified atom stereocenters. The molecule has 0 aliphatic carbocycles. The van der Waals surface area contributed by atoms with Crippen LogP contribution in [0.4, 0.5) is 10.5 Å². The van der Waals surface area contributed by atoms with Gasteiger partial charge in [-0.25, -0.2) is 4.79 Å². The molecule has 124 valence electrons. The van der Waals surface area contributed by atoms with Crippen LogP contribution in [0, 0.1) is 0 Å². The average molecular weight is 318 g/mol. The first kappa shape index (κ1) is 16.7. The van der Waals surface area contributed by atoms with Gasteiger partial charge in [-0.2, -0.15) is 5.21 Å². The maximum atomic E-state index is 11.5. The Morgan fingerprint density at radius 3 is 2.83 bits per heavy atom. The minimum Gasteiger partial charge on any atom is -0.444 e. The lowest BCUT2D eigenvalue weighted by Gasteiger charge is -2.19. The summed E-state index contributed by atoms with van der Waals surface area (Å²) in [5.41, 5.74) is 1.37. The molecule has 0 spiro atoms. The molecule has 0 saturated heterocycles. The summed E-state index contributed by atoms with van der Waals surface area (Å²) < 4.78 is 5.17. The standard InChI is InChI=1S/C15H22N6O2/c1-15(2,3)23-14(22)17-9-5-8-16-12-7-4-6-11(10-12)13-18-20-21-19-13/h4,6-7,10,16H,5,8-9H2,1-3H3,(H,17,22)(H,18,19,20,21). The van der Waals surface area contributed by atoms with Crippen molar-refractivity contribution >= 4 is 11.8 Å².